The molecule has 0 N–H and O–H groups in total. The molecule has 0 bridgehead atoms. The Hall–Kier alpha value is -1.13. The molecular formula is C18H28O3Si. The van der Waals surface area contributed by atoms with Crippen LogP contribution in [0.4, 0.5) is 0 Å². The van der Waals surface area contributed by atoms with E-state index in [0.29, 0.717) is 11.5 Å². The van der Waals surface area contributed by atoms with Crippen molar-refractivity contribution < 1.29 is 14.0 Å². The Bertz CT molecular complexity index is 499. The third-order valence-corrected chi connectivity index (χ3v) is 9.46. The zero-order valence-corrected chi connectivity index (χ0v) is 15.4. The van der Waals surface area contributed by atoms with Crippen LogP contribution >= 0.6 is 0 Å². The van der Waals surface area contributed by atoms with Gasteiger partial charge in [0.1, 0.15) is 6.10 Å². The topological polar surface area (TPSA) is 35.5 Å². The second-order valence-corrected chi connectivity index (χ2v) is 12.6. The first-order valence-corrected chi connectivity index (χ1v) is 11.0. The minimum absolute atomic E-state index is 0.0562. The lowest BCUT2D eigenvalue weighted by atomic mass is 9.83. The predicted octanol–water partition coefficient (Wildman–Crippen LogP) is 4.64. The number of benzene rings is 1. The molecule has 1 aliphatic carbocycles. The Morgan fingerprint density at radius 2 is 1.77 bits per heavy atom. The van der Waals surface area contributed by atoms with Crippen LogP contribution in [0.25, 0.3) is 0 Å². The SMILES string of the molecule is CC(C)(C)[Si](C)(C)OCC1CC(OC(=O)c2ccccc2)C1. The molecule has 0 radical (unpaired) electrons. The van der Waals surface area contributed by atoms with Gasteiger partial charge in [-0.25, -0.2) is 4.79 Å². The number of hydrogen-bond acceptors (Lipinski definition) is 3. The fraction of sp³-hybridized carbons (Fsp3) is 0.611. The fourth-order valence-corrected chi connectivity index (χ4v) is 3.33. The first kappa shape index (κ1) is 17.2. The Balaban J connectivity index is 1.71. The number of esters is 1. The molecule has 1 aliphatic rings. The molecule has 2 rings (SSSR count). The van der Waals surface area contributed by atoms with Crippen molar-refractivity contribution in [3.05, 3.63) is 35.9 Å². The maximum atomic E-state index is 12.0. The van der Waals surface area contributed by atoms with Crippen molar-refractivity contribution in [1.82, 2.24) is 0 Å². The number of carbonyl (C=O) groups excluding carboxylic acids is 1. The third kappa shape index (κ3) is 4.20. The van der Waals surface area contributed by atoms with E-state index in [1.807, 2.05) is 18.2 Å². The molecule has 122 valence electrons. The average Bonchev–Trinajstić information content (AvgIpc) is 2.40. The van der Waals surface area contributed by atoms with Gasteiger partial charge >= 0.3 is 5.97 Å². The smallest absolute Gasteiger partial charge is 0.338 e. The van der Waals surface area contributed by atoms with Gasteiger partial charge in [-0.15, -0.1) is 0 Å². The van der Waals surface area contributed by atoms with Crippen molar-refractivity contribution in [2.75, 3.05) is 6.61 Å². The van der Waals surface area contributed by atoms with Crippen molar-refractivity contribution in [3.8, 4) is 0 Å². The standard InChI is InChI=1S/C18H28O3Si/c1-18(2,3)22(4,5)20-13-14-11-16(12-14)21-17(19)15-9-7-6-8-10-15/h6-10,14,16H,11-13H2,1-5H3. The summed E-state index contributed by atoms with van der Waals surface area (Å²) < 4.78 is 11.8. The van der Waals surface area contributed by atoms with Crippen LogP contribution in [0.2, 0.25) is 18.1 Å². The minimum Gasteiger partial charge on any atom is -0.459 e. The summed E-state index contributed by atoms with van der Waals surface area (Å²) in [6, 6.07) is 9.19. The van der Waals surface area contributed by atoms with E-state index in [4.69, 9.17) is 9.16 Å². The Kier molecular flexibility index (Phi) is 5.13. The second kappa shape index (κ2) is 6.55. The van der Waals surface area contributed by atoms with Gasteiger partial charge in [-0.1, -0.05) is 39.0 Å². The summed E-state index contributed by atoms with van der Waals surface area (Å²) >= 11 is 0. The lowest BCUT2D eigenvalue weighted by Crippen LogP contribution is -2.44. The fourth-order valence-electron chi connectivity index (χ4n) is 2.24. The molecule has 3 nitrogen and oxygen atoms in total. The molecule has 1 aromatic carbocycles. The number of carbonyl (C=O) groups is 1. The van der Waals surface area contributed by atoms with Crippen molar-refractivity contribution in [3.63, 3.8) is 0 Å². The van der Waals surface area contributed by atoms with Crippen LogP contribution in [0.15, 0.2) is 30.3 Å². The van der Waals surface area contributed by atoms with E-state index >= 15 is 0 Å². The van der Waals surface area contributed by atoms with Crippen molar-refractivity contribution in [1.29, 1.82) is 0 Å². The molecule has 0 aliphatic heterocycles. The van der Waals surface area contributed by atoms with Gasteiger partial charge in [-0.05, 0) is 49.0 Å². The molecule has 0 saturated heterocycles. The third-order valence-electron chi connectivity index (χ3n) is 4.96. The van der Waals surface area contributed by atoms with E-state index < -0.39 is 8.32 Å². The number of hydrogen-bond donors (Lipinski definition) is 0. The summed E-state index contributed by atoms with van der Waals surface area (Å²) in [5.74, 6) is 0.317. The van der Waals surface area contributed by atoms with Gasteiger partial charge in [0.2, 0.25) is 0 Å². The van der Waals surface area contributed by atoms with E-state index in [1.54, 1.807) is 12.1 Å². The van der Waals surface area contributed by atoms with E-state index in [-0.39, 0.29) is 17.1 Å². The van der Waals surface area contributed by atoms with Crippen molar-refractivity contribution in [2.24, 2.45) is 5.92 Å². The molecule has 0 unspecified atom stereocenters. The molecule has 1 saturated carbocycles. The van der Waals surface area contributed by atoms with Gasteiger partial charge in [0, 0.05) is 6.61 Å². The highest BCUT2D eigenvalue weighted by molar-refractivity contribution is 6.74. The van der Waals surface area contributed by atoms with E-state index in [1.165, 1.54) is 0 Å². The lowest BCUT2D eigenvalue weighted by molar-refractivity contribution is -0.0215. The zero-order chi connectivity index (χ0) is 16.4. The van der Waals surface area contributed by atoms with E-state index in [9.17, 15) is 4.79 Å². The molecule has 22 heavy (non-hydrogen) atoms. The van der Waals surface area contributed by atoms with E-state index in [0.717, 1.165) is 19.4 Å². The lowest BCUT2D eigenvalue weighted by Gasteiger charge is -2.40. The number of rotatable bonds is 5. The minimum atomic E-state index is -1.66. The summed E-state index contributed by atoms with van der Waals surface area (Å²) in [5, 5.41) is 0.246. The first-order valence-electron chi connectivity index (χ1n) is 8.09. The summed E-state index contributed by atoms with van der Waals surface area (Å²) in [6.07, 6.45) is 1.90. The quantitative estimate of drug-likeness (QED) is 0.585. The van der Waals surface area contributed by atoms with Crippen LogP contribution in [0.5, 0.6) is 0 Å². The predicted molar refractivity (Wildman–Crippen MR) is 91.5 cm³/mol. The highest BCUT2D eigenvalue weighted by Crippen LogP contribution is 2.38. The average molecular weight is 321 g/mol. The summed E-state index contributed by atoms with van der Waals surface area (Å²) in [5.41, 5.74) is 0.628. The molecule has 0 atom stereocenters. The molecule has 0 heterocycles. The maximum Gasteiger partial charge on any atom is 0.338 e. The summed E-state index contributed by atoms with van der Waals surface area (Å²) in [6.45, 7) is 12.1. The van der Waals surface area contributed by atoms with Gasteiger partial charge in [-0.3, -0.25) is 0 Å². The molecular weight excluding hydrogens is 292 g/mol. The molecule has 0 amide bonds. The van der Waals surface area contributed by atoms with Gasteiger partial charge in [0.05, 0.1) is 5.56 Å². The van der Waals surface area contributed by atoms with Gasteiger partial charge in [0.15, 0.2) is 8.32 Å². The molecule has 1 aromatic rings. The van der Waals surface area contributed by atoms with Gasteiger partial charge in [0.25, 0.3) is 0 Å². The van der Waals surface area contributed by atoms with E-state index in [2.05, 4.69) is 33.9 Å². The summed E-state index contributed by atoms with van der Waals surface area (Å²) in [7, 11) is -1.66. The van der Waals surface area contributed by atoms with Crippen LogP contribution in [-0.4, -0.2) is 27.0 Å². The molecule has 4 heteroatoms. The Labute approximate surface area is 135 Å². The number of ether oxygens (including phenoxy) is 1. The van der Waals surface area contributed by atoms with Gasteiger partial charge in [-0.2, -0.15) is 0 Å². The zero-order valence-electron chi connectivity index (χ0n) is 14.4. The Morgan fingerprint density at radius 1 is 1.18 bits per heavy atom. The van der Waals surface area contributed by atoms with Crippen LogP contribution in [0.1, 0.15) is 44.0 Å². The second-order valence-electron chi connectivity index (χ2n) is 7.80. The van der Waals surface area contributed by atoms with Crippen molar-refractivity contribution >= 4 is 14.3 Å². The summed E-state index contributed by atoms with van der Waals surface area (Å²) in [4.78, 5) is 12.0. The highest BCUT2D eigenvalue weighted by atomic mass is 28.4. The highest BCUT2D eigenvalue weighted by Gasteiger charge is 2.39. The monoisotopic (exact) mass is 320 g/mol. The first-order chi connectivity index (χ1) is 10.2. The van der Waals surface area contributed by atoms with Crippen LogP contribution in [0.3, 0.4) is 0 Å². The van der Waals surface area contributed by atoms with Crippen LogP contribution < -0.4 is 0 Å². The molecule has 1 fully saturated rings. The van der Waals surface area contributed by atoms with Crippen LogP contribution in [0, 0.1) is 5.92 Å². The Morgan fingerprint density at radius 3 is 2.32 bits per heavy atom. The normalized spacial score (nSPS) is 22.0. The van der Waals surface area contributed by atoms with Crippen molar-refractivity contribution in [2.45, 2.75) is 57.8 Å². The maximum absolute atomic E-state index is 12.0. The largest absolute Gasteiger partial charge is 0.459 e. The van der Waals surface area contributed by atoms with Crippen LogP contribution in [-0.2, 0) is 9.16 Å². The van der Waals surface area contributed by atoms with Gasteiger partial charge < -0.3 is 9.16 Å². The molecule has 0 aromatic heterocycles. The molecule has 0 spiro atoms.